The van der Waals surface area contributed by atoms with Crippen molar-refractivity contribution in [1.29, 1.82) is 0 Å². The summed E-state index contributed by atoms with van der Waals surface area (Å²) in [6.07, 6.45) is -0.112. The van der Waals surface area contributed by atoms with Crippen molar-refractivity contribution in [2.45, 2.75) is 6.18 Å². The number of ether oxygens (including phenoxy) is 1. The van der Waals surface area contributed by atoms with E-state index in [0.29, 0.717) is 0 Å². The van der Waals surface area contributed by atoms with E-state index in [4.69, 9.17) is 5.73 Å². The summed E-state index contributed by atoms with van der Waals surface area (Å²) in [6, 6.07) is 0. The molecule has 0 unspecified atom stereocenters. The van der Waals surface area contributed by atoms with Crippen molar-refractivity contribution in [3.05, 3.63) is 35.9 Å². The Hall–Kier alpha value is -2.25. The third-order valence-corrected chi connectivity index (χ3v) is 1.62. The number of carbonyl (C=O) groups is 2. The van der Waals surface area contributed by atoms with Gasteiger partial charge in [-0.15, -0.1) is 0 Å². The van der Waals surface area contributed by atoms with Crippen LogP contribution in [0, 0.1) is 0 Å². The first-order valence-corrected chi connectivity index (χ1v) is 4.25. The summed E-state index contributed by atoms with van der Waals surface area (Å²) in [5, 5.41) is 2.21. The predicted octanol–water partition coefficient (Wildman–Crippen LogP) is 0.462. The highest BCUT2D eigenvalue weighted by molar-refractivity contribution is 5.96. The van der Waals surface area contributed by atoms with Crippen molar-refractivity contribution in [3.8, 4) is 0 Å². The maximum Gasteiger partial charge on any atom is 0.491 e. The summed E-state index contributed by atoms with van der Waals surface area (Å²) in [4.78, 5) is 21.5. The van der Waals surface area contributed by atoms with Gasteiger partial charge in [0.15, 0.2) is 0 Å². The Labute approximate surface area is 93.4 Å². The lowest BCUT2D eigenvalue weighted by atomic mass is 10.2. The first-order valence-electron chi connectivity index (χ1n) is 4.25. The molecule has 17 heavy (non-hydrogen) atoms. The average Bonchev–Trinajstić information content (AvgIpc) is 2.41. The van der Waals surface area contributed by atoms with E-state index in [2.05, 4.69) is 10.1 Å². The highest BCUT2D eigenvalue weighted by Crippen LogP contribution is 2.19. The fourth-order valence-corrected chi connectivity index (χ4v) is 0.914. The molecule has 0 bridgehead atoms. The van der Waals surface area contributed by atoms with Gasteiger partial charge in [-0.25, -0.2) is 4.79 Å². The zero-order valence-electron chi connectivity index (χ0n) is 8.25. The summed E-state index contributed by atoms with van der Waals surface area (Å²) in [5.41, 5.74) is 4.56. The number of alkyl halides is 3. The van der Waals surface area contributed by atoms with Crippen molar-refractivity contribution >= 4 is 11.9 Å². The second-order valence-corrected chi connectivity index (χ2v) is 2.86. The number of primary amides is 1. The SMILES string of the molecule is NC(=O)C1=C(OC(=O)C(F)(F)F)NC=CC=C1. The highest BCUT2D eigenvalue weighted by atomic mass is 19.4. The number of halogens is 3. The number of allylic oxidation sites excluding steroid dienone is 2. The van der Waals surface area contributed by atoms with Crippen LogP contribution >= 0.6 is 0 Å². The maximum absolute atomic E-state index is 12.0. The van der Waals surface area contributed by atoms with E-state index in [0.717, 1.165) is 6.08 Å². The van der Waals surface area contributed by atoms with Crippen LogP contribution in [0.3, 0.4) is 0 Å². The van der Waals surface area contributed by atoms with Gasteiger partial charge in [-0.3, -0.25) is 4.79 Å². The minimum Gasteiger partial charge on any atom is -0.402 e. The summed E-state index contributed by atoms with van der Waals surface area (Å²) < 4.78 is 39.9. The molecule has 0 saturated carbocycles. The molecular formula is C9H7F3N2O3. The minimum absolute atomic E-state index is 0.368. The molecule has 0 saturated heterocycles. The van der Waals surface area contributed by atoms with E-state index in [1.165, 1.54) is 18.4 Å². The third kappa shape index (κ3) is 3.37. The Morgan fingerprint density at radius 2 is 1.94 bits per heavy atom. The maximum atomic E-state index is 12.0. The molecule has 3 N–H and O–H groups in total. The molecule has 5 nitrogen and oxygen atoms in total. The van der Waals surface area contributed by atoms with Crippen LogP contribution < -0.4 is 11.1 Å². The molecule has 0 fully saturated rings. The van der Waals surface area contributed by atoms with Gasteiger partial charge in [0.2, 0.25) is 5.88 Å². The first kappa shape index (κ1) is 12.8. The van der Waals surface area contributed by atoms with Crippen LogP contribution in [-0.4, -0.2) is 18.1 Å². The summed E-state index contributed by atoms with van der Waals surface area (Å²) in [6.45, 7) is 0. The molecule has 0 aromatic rings. The standard InChI is InChI=1S/C9H7F3N2O3/c10-9(11,12)8(16)17-7-5(6(13)15)3-1-2-4-14-7/h1-4,14H,(H2,13,15). The van der Waals surface area contributed by atoms with Crippen LogP contribution in [-0.2, 0) is 14.3 Å². The molecule has 92 valence electrons. The van der Waals surface area contributed by atoms with Crippen molar-refractivity contribution < 1.29 is 27.5 Å². The fourth-order valence-electron chi connectivity index (χ4n) is 0.914. The molecular weight excluding hydrogens is 241 g/mol. The number of hydrogen-bond donors (Lipinski definition) is 2. The molecule has 0 aromatic carbocycles. The Balaban J connectivity index is 3.00. The molecule has 1 heterocycles. The molecule has 0 radical (unpaired) electrons. The number of amides is 1. The number of nitrogens with two attached hydrogens (primary N) is 1. The molecule has 0 aliphatic carbocycles. The number of rotatable bonds is 2. The second kappa shape index (κ2) is 4.73. The number of hydrogen-bond acceptors (Lipinski definition) is 4. The van der Waals surface area contributed by atoms with Crippen LogP contribution in [0.15, 0.2) is 35.9 Å². The van der Waals surface area contributed by atoms with Gasteiger partial charge in [0.05, 0.1) is 5.57 Å². The molecule has 0 aromatic heterocycles. The predicted molar refractivity (Wildman–Crippen MR) is 49.8 cm³/mol. The van der Waals surface area contributed by atoms with E-state index in [-0.39, 0.29) is 5.57 Å². The minimum atomic E-state index is -5.16. The van der Waals surface area contributed by atoms with Crippen LogP contribution in [0.4, 0.5) is 13.2 Å². The van der Waals surface area contributed by atoms with Crippen LogP contribution in [0.5, 0.6) is 0 Å². The molecule has 1 aliphatic rings. The monoisotopic (exact) mass is 248 g/mol. The number of esters is 1. The van der Waals surface area contributed by atoms with Crippen LogP contribution in [0.1, 0.15) is 0 Å². The van der Waals surface area contributed by atoms with Gasteiger partial charge >= 0.3 is 12.1 Å². The zero-order chi connectivity index (χ0) is 13.1. The molecule has 1 amide bonds. The van der Waals surface area contributed by atoms with Crippen molar-refractivity contribution in [1.82, 2.24) is 5.32 Å². The molecule has 0 atom stereocenters. The Morgan fingerprint density at radius 1 is 1.29 bits per heavy atom. The van der Waals surface area contributed by atoms with E-state index in [9.17, 15) is 22.8 Å². The lowest BCUT2D eigenvalue weighted by Gasteiger charge is -2.11. The normalized spacial score (nSPS) is 15.2. The fraction of sp³-hybridized carbons (Fsp3) is 0.111. The third-order valence-electron chi connectivity index (χ3n) is 1.62. The van der Waals surface area contributed by atoms with E-state index in [1.54, 1.807) is 0 Å². The van der Waals surface area contributed by atoms with E-state index < -0.39 is 23.9 Å². The van der Waals surface area contributed by atoms with E-state index >= 15 is 0 Å². The molecule has 1 aliphatic heterocycles. The van der Waals surface area contributed by atoms with Crippen LogP contribution in [0.25, 0.3) is 0 Å². The van der Waals surface area contributed by atoms with Gasteiger partial charge < -0.3 is 15.8 Å². The van der Waals surface area contributed by atoms with Crippen molar-refractivity contribution in [2.75, 3.05) is 0 Å². The summed E-state index contributed by atoms with van der Waals surface area (Å²) in [7, 11) is 0. The average molecular weight is 248 g/mol. The van der Waals surface area contributed by atoms with Crippen molar-refractivity contribution in [2.24, 2.45) is 5.73 Å². The smallest absolute Gasteiger partial charge is 0.402 e. The topological polar surface area (TPSA) is 81.4 Å². The Kier molecular flexibility index (Phi) is 3.56. The zero-order valence-corrected chi connectivity index (χ0v) is 8.25. The lowest BCUT2D eigenvalue weighted by molar-refractivity contribution is -0.195. The van der Waals surface area contributed by atoms with E-state index in [1.807, 2.05) is 0 Å². The number of carbonyl (C=O) groups excluding carboxylic acids is 2. The quantitative estimate of drug-likeness (QED) is 0.695. The van der Waals surface area contributed by atoms with Crippen LogP contribution in [0.2, 0.25) is 0 Å². The van der Waals surface area contributed by atoms with Gasteiger partial charge in [0.1, 0.15) is 0 Å². The van der Waals surface area contributed by atoms with Gasteiger partial charge in [-0.1, -0.05) is 6.08 Å². The first-order chi connectivity index (χ1) is 7.82. The molecule has 1 rings (SSSR count). The second-order valence-electron chi connectivity index (χ2n) is 2.86. The van der Waals surface area contributed by atoms with Gasteiger partial charge in [0, 0.05) is 6.20 Å². The van der Waals surface area contributed by atoms with Crippen molar-refractivity contribution in [3.63, 3.8) is 0 Å². The highest BCUT2D eigenvalue weighted by Gasteiger charge is 2.42. The lowest BCUT2D eigenvalue weighted by Crippen LogP contribution is -2.29. The van der Waals surface area contributed by atoms with Gasteiger partial charge in [-0.05, 0) is 12.2 Å². The largest absolute Gasteiger partial charge is 0.491 e. The van der Waals surface area contributed by atoms with Gasteiger partial charge in [0.25, 0.3) is 5.91 Å². The summed E-state index contributed by atoms with van der Waals surface area (Å²) in [5.74, 6) is -4.13. The van der Waals surface area contributed by atoms with Gasteiger partial charge in [-0.2, -0.15) is 13.2 Å². The molecule has 8 heteroatoms. The molecule has 0 spiro atoms. The summed E-state index contributed by atoms with van der Waals surface area (Å²) >= 11 is 0. The Bertz CT molecular complexity index is 435. The number of nitrogens with one attached hydrogen (secondary N) is 1. The Morgan fingerprint density at radius 3 is 2.47 bits per heavy atom.